The van der Waals surface area contributed by atoms with Gasteiger partial charge in [-0.25, -0.2) is 0 Å². The smallest absolute Gasteiger partial charge is 0.0958 e. The lowest BCUT2D eigenvalue weighted by Crippen LogP contribution is -2.23. The first kappa shape index (κ1) is 4.34. The molecular formula is C6H8N2. The summed E-state index contributed by atoms with van der Waals surface area (Å²) < 4.78 is 0. The zero-order chi connectivity index (χ0) is 5.56. The molecule has 2 heteroatoms. The number of nitrogens with one attached hydrogen (secondary N) is 1. The van der Waals surface area contributed by atoms with Gasteiger partial charge < -0.3 is 0 Å². The van der Waals surface area contributed by atoms with Crippen molar-refractivity contribution in [3.05, 3.63) is 0 Å². The minimum Gasteiger partial charge on any atom is -0.299 e. The number of rotatable bonds is 0. The number of nitriles is 1. The van der Waals surface area contributed by atoms with Crippen LogP contribution < -0.4 is 5.32 Å². The molecule has 0 bridgehead atoms. The van der Waals surface area contributed by atoms with E-state index >= 15 is 0 Å². The van der Waals surface area contributed by atoms with E-state index in [9.17, 15) is 0 Å². The van der Waals surface area contributed by atoms with Gasteiger partial charge in [0.05, 0.1) is 12.1 Å². The Morgan fingerprint density at radius 1 is 1.50 bits per heavy atom. The van der Waals surface area contributed by atoms with Crippen LogP contribution >= 0.6 is 0 Å². The molecule has 1 heterocycles. The van der Waals surface area contributed by atoms with Crippen molar-refractivity contribution >= 4 is 0 Å². The quantitative estimate of drug-likeness (QED) is 0.483. The van der Waals surface area contributed by atoms with Crippen LogP contribution in [0.3, 0.4) is 0 Å². The van der Waals surface area contributed by atoms with Crippen molar-refractivity contribution in [2.45, 2.75) is 24.9 Å². The highest BCUT2D eigenvalue weighted by molar-refractivity contribution is 5.09. The molecule has 0 amide bonds. The molecule has 8 heavy (non-hydrogen) atoms. The number of hydrogen-bond donors (Lipinski definition) is 1. The zero-order valence-electron chi connectivity index (χ0n) is 4.59. The normalized spacial score (nSPS) is 50.1. The van der Waals surface area contributed by atoms with Gasteiger partial charge in [-0.05, 0) is 18.8 Å². The average molecular weight is 108 g/mol. The summed E-state index contributed by atoms with van der Waals surface area (Å²) in [4.78, 5) is 0. The van der Waals surface area contributed by atoms with Gasteiger partial charge in [-0.2, -0.15) is 5.26 Å². The number of hydrogen-bond acceptors (Lipinski definition) is 2. The van der Waals surface area contributed by atoms with Crippen molar-refractivity contribution in [3.63, 3.8) is 0 Å². The molecule has 3 atom stereocenters. The number of nitrogens with zero attached hydrogens (tertiary/aromatic N) is 1. The van der Waals surface area contributed by atoms with E-state index in [0.717, 1.165) is 18.4 Å². The van der Waals surface area contributed by atoms with Crippen LogP contribution in [0.5, 0.6) is 0 Å². The van der Waals surface area contributed by atoms with Gasteiger partial charge in [0.2, 0.25) is 0 Å². The van der Waals surface area contributed by atoms with Crippen LogP contribution in [0.4, 0.5) is 0 Å². The fourth-order valence-electron chi connectivity index (χ4n) is 1.43. The van der Waals surface area contributed by atoms with Crippen LogP contribution in [-0.4, -0.2) is 12.1 Å². The highest BCUT2D eigenvalue weighted by atomic mass is 15.0. The Kier molecular flexibility index (Phi) is 0.671. The lowest BCUT2D eigenvalue weighted by Gasteiger charge is -1.98. The predicted molar refractivity (Wildman–Crippen MR) is 29.0 cm³/mol. The van der Waals surface area contributed by atoms with Gasteiger partial charge in [0.1, 0.15) is 0 Å². The molecule has 42 valence electrons. The van der Waals surface area contributed by atoms with E-state index in [2.05, 4.69) is 11.4 Å². The molecule has 1 unspecified atom stereocenters. The topological polar surface area (TPSA) is 35.8 Å². The van der Waals surface area contributed by atoms with Crippen LogP contribution in [-0.2, 0) is 0 Å². The molecule has 2 fully saturated rings. The summed E-state index contributed by atoms with van der Waals surface area (Å²) in [6, 6.07) is 3.11. The van der Waals surface area contributed by atoms with Crippen LogP contribution in [0, 0.1) is 17.2 Å². The van der Waals surface area contributed by atoms with Crippen molar-refractivity contribution in [3.8, 4) is 6.07 Å². The van der Waals surface area contributed by atoms with E-state index in [1.807, 2.05) is 0 Å². The second kappa shape index (κ2) is 1.24. The first-order valence-electron chi connectivity index (χ1n) is 3.06. The number of fused-ring (bicyclic) bond motifs is 1. The first-order valence-corrected chi connectivity index (χ1v) is 3.06. The van der Waals surface area contributed by atoms with Crippen molar-refractivity contribution < 1.29 is 0 Å². The van der Waals surface area contributed by atoms with Gasteiger partial charge in [0.25, 0.3) is 0 Å². The SMILES string of the molecule is N#C[C@@H]1CC2C[C@@H]2N1. The van der Waals surface area contributed by atoms with Gasteiger partial charge in [0.15, 0.2) is 0 Å². The van der Waals surface area contributed by atoms with E-state index in [4.69, 9.17) is 5.26 Å². The summed E-state index contributed by atoms with van der Waals surface area (Å²) in [5, 5.41) is 11.6. The molecule has 1 N–H and O–H groups in total. The summed E-state index contributed by atoms with van der Waals surface area (Å²) in [6.45, 7) is 0. The molecule has 1 saturated heterocycles. The summed E-state index contributed by atoms with van der Waals surface area (Å²) in [5.74, 6) is 0.861. The molecule has 0 aromatic rings. The molecule has 2 rings (SSSR count). The van der Waals surface area contributed by atoms with Crippen molar-refractivity contribution in [1.29, 1.82) is 5.26 Å². The van der Waals surface area contributed by atoms with E-state index in [1.165, 1.54) is 6.42 Å². The monoisotopic (exact) mass is 108 g/mol. The third-order valence-corrected chi connectivity index (χ3v) is 2.03. The van der Waals surface area contributed by atoms with Gasteiger partial charge in [-0.1, -0.05) is 0 Å². The Balaban J connectivity index is 2.01. The van der Waals surface area contributed by atoms with E-state index in [1.54, 1.807) is 0 Å². The van der Waals surface area contributed by atoms with Crippen LogP contribution in [0.15, 0.2) is 0 Å². The molecule has 0 spiro atoms. The highest BCUT2D eigenvalue weighted by Crippen LogP contribution is 2.40. The predicted octanol–water partition coefficient (Wildman–Crippen LogP) is 0.260. The molecule has 0 radical (unpaired) electrons. The minimum atomic E-state index is 0.179. The van der Waals surface area contributed by atoms with Crippen molar-refractivity contribution in [2.75, 3.05) is 0 Å². The van der Waals surface area contributed by atoms with Gasteiger partial charge in [-0.3, -0.25) is 5.32 Å². The average Bonchev–Trinajstić information content (AvgIpc) is 2.40. The van der Waals surface area contributed by atoms with Gasteiger partial charge in [0, 0.05) is 6.04 Å². The van der Waals surface area contributed by atoms with E-state index in [-0.39, 0.29) is 6.04 Å². The molecule has 0 aromatic carbocycles. The zero-order valence-corrected chi connectivity index (χ0v) is 4.59. The second-order valence-electron chi connectivity index (χ2n) is 2.69. The summed E-state index contributed by atoms with van der Waals surface area (Å²) in [6.07, 6.45) is 2.42. The summed E-state index contributed by atoms with van der Waals surface area (Å²) in [7, 11) is 0. The molecule has 2 aliphatic rings. The fourth-order valence-corrected chi connectivity index (χ4v) is 1.43. The summed E-state index contributed by atoms with van der Waals surface area (Å²) >= 11 is 0. The van der Waals surface area contributed by atoms with E-state index < -0.39 is 0 Å². The van der Waals surface area contributed by atoms with E-state index in [0.29, 0.717) is 0 Å². The minimum absolute atomic E-state index is 0.179. The first-order chi connectivity index (χ1) is 3.90. The van der Waals surface area contributed by atoms with Gasteiger partial charge >= 0.3 is 0 Å². The lowest BCUT2D eigenvalue weighted by atomic mass is 10.2. The van der Waals surface area contributed by atoms with Crippen molar-refractivity contribution in [2.24, 2.45) is 5.92 Å². The second-order valence-corrected chi connectivity index (χ2v) is 2.69. The largest absolute Gasteiger partial charge is 0.299 e. The standard InChI is InChI=1S/C6H8N2/c7-3-5-1-4-2-6(4)8-5/h4-6,8H,1-2H2/t4?,5-,6-/m0/s1. The summed E-state index contributed by atoms with van der Waals surface area (Å²) in [5.41, 5.74) is 0. The Bertz CT molecular complexity index is 137. The van der Waals surface area contributed by atoms with Crippen LogP contribution in [0.1, 0.15) is 12.8 Å². The molecule has 1 aliphatic heterocycles. The molecule has 0 aromatic heterocycles. The van der Waals surface area contributed by atoms with Crippen molar-refractivity contribution in [1.82, 2.24) is 5.32 Å². The molecule has 1 saturated carbocycles. The molecular weight excluding hydrogens is 100 g/mol. The third kappa shape index (κ3) is 0.452. The lowest BCUT2D eigenvalue weighted by molar-refractivity contribution is 0.643. The highest BCUT2D eigenvalue weighted by Gasteiger charge is 2.45. The fraction of sp³-hybridized carbons (Fsp3) is 0.833. The third-order valence-electron chi connectivity index (χ3n) is 2.03. The van der Waals surface area contributed by atoms with Crippen LogP contribution in [0.2, 0.25) is 0 Å². The molecule has 2 nitrogen and oxygen atoms in total. The Morgan fingerprint density at radius 2 is 2.38 bits per heavy atom. The number of piperidine rings is 1. The van der Waals surface area contributed by atoms with Crippen LogP contribution in [0.25, 0.3) is 0 Å². The molecule has 1 aliphatic carbocycles. The van der Waals surface area contributed by atoms with Gasteiger partial charge in [-0.15, -0.1) is 0 Å². The maximum Gasteiger partial charge on any atom is 0.0958 e. The Morgan fingerprint density at radius 3 is 2.75 bits per heavy atom. The Labute approximate surface area is 48.5 Å². The maximum absolute atomic E-state index is 8.39. The maximum atomic E-state index is 8.39. The Hall–Kier alpha value is -0.550.